The van der Waals surface area contributed by atoms with Gasteiger partial charge in [0.2, 0.25) is 0 Å². The topological polar surface area (TPSA) is 69.2 Å². The van der Waals surface area contributed by atoms with Crippen LogP contribution in [0.1, 0.15) is 25.6 Å². The van der Waals surface area contributed by atoms with Crippen LogP contribution in [0.3, 0.4) is 0 Å². The Bertz CT molecular complexity index is 917. The van der Waals surface area contributed by atoms with Crippen LogP contribution in [0.2, 0.25) is 5.02 Å². The molecule has 136 valence electrons. The third-order valence-corrected chi connectivity index (χ3v) is 7.20. The van der Waals surface area contributed by atoms with Crippen molar-refractivity contribution in [2.75, 3.05) is 25.5 Å². The summed E-state index contributed by atoms with van der Waals surface area (Å²) in [5.74, 6) is 1.97. The van der Waals surface area contributed by atoms with Crippen LogP contribution in [0.25, 0.3) is 11.3 Å². The zero-order valence-corrected chi connectivity index (χ0v) is 15.6. The summed E-state index contributed by atoms with van der Waals surface area (Å²) >= 11 is 6.18. The number of aromatic nitrogens is 3. The van der Waals surface area contributed by atoms with Gasteiger partial charge in [-0.3, -0.25) is 9.58 Å². The first-order valence-corrected chi connectivity index (χ1v) is 9.76. The van der Waals surface area contributed by atoms with E-state index >= 15 is 0 Å². The molecule has 4 atom stereocenters. The predicted molar refractivity (Wildman–Crippen MR) is 99.0 cm³/mol. The Hall–Kier alpha value is -1.63. The molecule has 2 aromatic heterocycles. The summed E-state index contributed by atoms with van der Waals surface area (Å²) < 4.78 is 7.63. The number of anilines is 1. The third kappa shape index (κ3) is 1.71. The molecule has 5 heterocycles. The molecule has 0 spiro atoms. The fourth-order valence-corrected chi connectivity index (χ4v) is 5.64. The van der Waals surface area contributed by atoms with Crippen molar-refractivity contribution in [1.82, 2.24) is 19.7 Å². The fourth-order valence-electron chi connectivity index (χ4n) is 5.48. The Balaban J connectivity index is 1.39. The van der Waals surface area contributed by atoms with Gasteiger partial charge >= 0.3 is 0 Å². The SMILES string of the molecule is CC(C)n1nc(-c2cnc(N)c(Cl)c2)cc1[C@@]12C3C1N(C1COC1)C[C@@H]32. The molecule has 2 saturated carbocycles. The van der Waals surface area contributed by atoms with Crippen LogP contribution in [-0.4, -0.2) is 51.5 Å². The second-order valence-electron chi connectivity index (χ2n) is 8.44. The predicted octanol–water partition coefficient (Wildman–Crippen LogP) is 2.34. The van der Waals surface area contributed by atoms with Crippen LogP contribution in [0.15, 0.2) is 18.3 Å². The van der Waals surface area contributed by atoms with Crippen molar-refractivity contribution in [3.05, 3.63) is 29.0 Å². The summed E-state index contributed by atoms with van der Waals surface area (Å²) in [5, 5.41) is 5.40. The van der Waals surface area contributed by atoms with Crippen molar-refractivity contribution in [2.24, 2.45) is 11.8 Å². The van der Waals surface area contributed by atoms with E-state index < -0.39 is 0 Å². The number of nitrogens with zero attached hydrogens (tertiary/aromatic N) is 4. The lowest BCUT2D eigenvalue weighted by molar-refractivity contribution is -0.0601. The quantitative estimate of drug-likeness (QED) is 0.893. The minimum absolute atomic E-state index is 0.326. The molecule has 6 nitrogen and oxygen atoms in total. The number of hydrogen-bond donors (Lipinski definition) is 1. The number of hydrogen-bond acceptors (Lipinski definition) is 5. The van der Waals surface area contributed by atoms with Gasteiger partial charge in [0.1, 0.15) is 5.82 Å². The molecular weight excluding hydrogens is 350 g/mol. The fraction of sp³-hybridized carbons (Fsp3) is 0.579. The molecule has 0 aromatic carbocycles. The van der Waals surface area contributed by atoms with Gasteiger partial charge in [0.15, 0.2) is 0 Å². The Morgan fingerprint density at radius 1 is 1.35 bits per heavy atom. The average molecular weight is 372 g/mol. The van der Waals surface area contributed by atoms with Gasteiger partial charge < -0.3 is 10.5 Å². The van der Waals surface area contributed by atoms with Crippen molar-refractivity contribution in [3.8, 4) is 11.3 Å². The molecule has 2 N–H and O–H groups in total. The summed E-state index contributed by atoms with van der Waals surface area (Å²) in [7, 11) is 0. The van der Waals surface area contributed by atoms with Crippen molar-refractivity contribution in [3.63, 3.8) is 0 Å². The standard InChI is InChI=1S/C19H22ClN5O/c1-9(2)25-15(4-14(23-25)10-3-13(20)18(21)22-5-10)19-12-6-24(11-7-26-8-11)17(19)16(12)19/h3-5,9,11-12,16-17H,6-8H2,1-2H3,(H2,21,22)/t12-,16?,17?,19-/m0/s1. The zero-order valence-electron chi connectivity index (χ0n) is 14.9. The first kappa shape index (κ1) is 15.4. The monoisotopic (exact) mass is 371 g/mol. The Morgan fingerprint density at radius 3 is 2.77 bits per heavy atom. The lowest BCUT2D eigenvalue weighted by atomic mass is 10.0. The number of rotatable bonds is 4. The maximum Gasteiger partial charge on any atom is 0.142 e. The van der Waals surface area contributed by atoms with Crippen LogP contribution in [0.5, 0.6) is 0 Å². The number of fused-ring (bicyclic) bond motifs is 1. The highest BCUT2D eigenvalue weighted by Gasteiger charge is 2.94. The van der Waals surface area contributed by atoms with Gasteiger partial charge in [0, 0.05) is 41.5 Å². The van der Waals surface area contributed by atoms with E-state index in [0.29, 0.717) is 34.4 Å². The molecule has 0 radical (unpaired) electrons. The van der Waals surface area contributed by atoms with Gasteiger partial charge in [-0.1, -0.05) is 11.6 Å². The molecule has 5 aliphatic rings. The van der Waals surface area contributed by atoms with E-state index in [9.17, 15) is 0 Å². The average Bonchev–Trinajstić information content (AvgIpc) is 3.13. The summed E-state index contributed by atoms with van der Waals surface area (Å²) in [6.07, 6.45) is 1.76. The zero-order chi connectivity index (χ0) is 17.8. The smallest absolute Gasteiger partial charge is 0.142 e. The van der Waals surface area contributed by atoms with Gasteiger partial charge in [-0.2, -0.15) is 5.10 Å². The minimum atomic E-state index is 0.326. The second kappa shape index (κ2) is 4.80. The summed E-state index contributed by atoms with van der Waals surface area (Å²) in [6, 6.07) is 5.77. The van der Waals surface area contributed by atoms with E-state index in [1.54, 1.807) is 6.20 Å². The molecule has 2 bridgehead atoms. The second-order valence-corrected chi connectivity index (χ2v) is 8.85. The number of nitrogen functional groups attached to an aromatic ring is 1. The first-order valence-electron chi connectivity index (χ1n) is 9.38. The lowest BCUT2D eigenvalue weighted by Gasteiger charge is -2.34. The highest BCUT2D eigenvalue weighted by atomic mass is 35.5. The van der Waals surface area contributed by atoms with Crippen molar-refractivity contribution >= 4 is 17.4 Å². The van der Waals surface area contributed by atoms with Crippen LogP contribution >= 0.6 is 11.6 Å². The van der Waals surface area contributed by atoms with Gasteiger partial charge in [-0.25, -0.2) is 4.98 Å². The molecule has 26 heavy (non-hydrogen) atoms. The minimum Gasteiger partial charge on any atom is -0.382 e. The third-order valence-electron chi connectivity index (χ3n) is 6.90. The Kier molecular flexibility index (Phi) is 2.85. The van der Waals surface area contributed by atoms with Gasteiger partial charge in [-0.05, 0) is 37.8 Å². The molecule has 7 rings (SSSR count). The molecule has 5 fully saturated rings. The maximum atomic E-state index is 6.18. The van der Waals surface area contributed by atoms with Crippen molar-refractivity contribution < 1.29 is 4.74 Å². The molecule has 2 aromatic rings. The van der Waals surface area contributed by atoms with Crippen LogP contribution in [0, 0.1) is 11.8 Å². The Morgan fingerprint density at radius 2 is 2.15 bits per heavy atom. The van der Waals surface area contributed by atoms with Gasteiger partial charge in [0.05, 0.1) is 30.0 Å². The number of nitrogens with two attached hydrogens (primary N) is 1. The normalized spacial score (nSPS) is 34.8. The summed E-state index contributed by atoms with van der Waals surface area (Å²) in [4.78, 5) is 6.89. The van der Waals surface area contributed by atoms with Crippen LogP contribution < -0.4 is 5.73 Å². The van der Waals surface area contributed by atoms with E-state index in [-0.39, 0.29) is 0 Å². The number of ether oxygens (including phenoxy) is 1. The van der Waals surface area contributed by atoms with E-state index in [4.69, 9.17) is 27.2 Å². The van der Waals surface area contributed by atoms with Crippen LogP contribution in [-0.2, 0) is 10.2 Å². The van der Waals surface area contributed by atoms with Crippen molar-refractivity contribution in [1.29, 1.82) is 0 Å². The molecule has 2 aliphatic carbocycles. The van der Waals surface area contributed by atoms with E-state index in [1.807, 2.05) is 6.07 Å². The molecular formula is C19H22ClN5O. The largest absolute Gasteiger partial charge is 0.382 e. The highest BCUT2D eigenvalue weighted by Crippen LogP contribution is 2.86. The molecule has 2 unspecified atom stereocenters. The number of halogens is 1. The highest BCUT2D eigenvalue weighted by molar-refractivity contribution is 6.33. The van der Waals surface area contributed by atoms with Gasteiger partial charge in [0.25, 0.3) is 0 Å². The summed E-state index contributed by atoms with van der Waals surface area (Å²) in [5.41, 5.74) is 9.34. The summed E-state index contributed by atoms with van der Waals surface area (Å²) in [6.45, 7) is 7.42. The molecule has 3 saturated heterocycles. The van der Waals surface area contributed by atoms with E-state index in [1.165, 1.54) is 12.2 Å². The maximum absolute atomic E-state index is 6.18. The molecule has 7 heteroatoms. The number of piperidine rings is 1. The Labute approximate surface area is 157 Å². The van der Waals surface area contributed by atoms with E-state index in [0.717, 1.165) is 36.3 Å². The number of pyridine rings is 1. The van der Waals surface area contributed by atoms with Gasteiger partial charge in [-0.15, -0.1) is 0 Å². The lowest BCUT2D eigenvalue weighted by Crippen LogP contribution is -2.48. The van der Waals surface area contributed by atoms with Crippen molar-refractivity contribution in [2.45, 2.75) is 37.4 Å². The molecule has 0 amide bonds. The van der Waals surface area contributed by atoms with Crippen LogP contribution in [0.4, 0.5) is 5.82 Å². The molecule has 3 aliphatic heterocycles. The van der Waals surface area contributed by atoms with E-state index in [2.05, 4.69) is 34.5 Å². The first-order chi connectivity index (χ1) is 12.5.